The van der Waals surface area contributed by atoms with Crippen LogP contribution in [0.15, 0.2) is 53.4 Å². The molecule has 0 spiro atoms. The topological polar surface area (TPSA) is 98.9 Å². The van der Waals surface area contributed by atoms with Gasteiger partial charge in [-0.2, -0.15) is 4.31 Å². The van der Waals surface area contributed by atoms with E-state index >= 15 is 0 Å². The number of nitrogens with two attached hydrogens (primary N) is 1. The predicted octanol–water partition coefficient (Wildman–Crippen LogP) is 2.17. The van der Waals surface area contributed by atoms with Gasteiger partial charge in [0.25, 0.3) is 0 Å². The lowest BCUT2D eigenvalue weighted by atomic mass is 9.92. The van der Waals surface area contributed by atoms with Crippen LogP contribution < -0.4 is 15.2 Å². The predicted molar refractivity (Wildman–Crippen MR) is 104 cm³/mol. The summed E-state index contributed by atoms with van der Waals surface area (Å²) in [6, 6.07) is 11.8. The first-order valence-corrected chi connectivity index (χ1v) is 10.6. The van der Waals surface area contributed by atoms with Crippen molar-refractivity contribution in [1.29, 1.82) is 0 Å². The van der Waals surface area contributed by atoms with Crippen LogP contribution in [-0.2, 0) is 14.8 Å². The number of hydrogen-bond acceptors (Lipinski definition) is 5. The molecule has 9 heteroatoms. The number of carbonyl (C=O) groups excluding carboxylic acids is 1. The third-order valence-corrected chi connectivity index (χ3v) is 6.73. The second-order valence-corrected chi connectivity index (χ2v) is 8.81. The average Bonchev–Trinajstić information content (AvgIpc) is 2.70. The zero-order chi connectivity index (χ0) is 21.0. The lowest BCUT2D eigenvalue weighted by Crippen LogP contribution is -2.48. The highest BCUT2D eigenvalue weighted by Gasteiger charge is 2.37. The van der Waals surface area contributed by atoms with E-state index in [0.717, 1.165) is 0 Å². The van der Waals surface area contributed by atoms with Crippen LogP contribution in [0.1, 0.15) is 12.8 Å². The van der Waals surface area contributed by atoms with Crippen molar-refractivity contribution < 1.29 is 27.1 Å². The molecule has 2 N–H and O–H groups in total. The number of benzene rings is 2. The van der Waals surface area contributed by atoms with E-state index in [1.54, 1.807) is 12.1 Å². The summed E-state index contributed by atoms with van der Waals surface area (Å²) in [6.45, 7) is 0.314. The fourth-order valence-electron chi connectivity index (χ4n) is 3.40. The SMILES string of the molecule is COc1cccc(S(=O)(=O)N2CC[C@H](Oc3ccc(F)cc3)[C@@H](CC(N)=O)C2)c1. The van der Waals surface area contributed by atoms with Gasteiger partial charge in [0, 0.05) is 31.5 Å². The van der Waals surface area contributed by atoms with E-state index in [0.29, 0.717) is 17.9 Å². The number of halogens is 1. The molecule has 0 aliphatic carbocycles. The molecular formula is C20H23FN2O5S. The number of nitrogens with zero attached hydrogens (tertiary/aromatic N) is 1. The monoisotopic (exact) mass is 422 g/mol. The van der Waals surface area contributed by atoms with Crippen LogP contribution in [0.5, 0.6) is 11.5 Å². The van der Waals surface area contributed by atoms with Gasteiger partial charge in [0.15, 0.2) is 0 Å². The molecule has 7 nitrogen and oxygen atoms in total. The van der Waals surface area contributed by atoms with Crippen LogP contribution in [0, 0.1) is 11.7 Å². The number of carbonyl (C=O) groups is 1. The quantitative estimate of drug-likeness (QED) is 0.737. The van der Waals surface area contributed by atoms with Crippen molar-refractivity contribution in [2.75, 3.05) is 20.2 Å². The number of ether oxygens (including phenoxy) is 2. The molecule has 0 radical (unpaired) electrons. The molecule has 2 aromatic carbocycles. The molecule has 2 atom stereocenters. The Kier molecular flexibility index (Phi) is 6.39. The zero-order valence-electron chi connectivity index (χ0n) is 16.0. The lowest BCUT2D eigenvalue weighted by Gasteiger charge is -2.37. The van der Waals surface area contributed by atoms with Crippen LogP contribution in [0.25, 0.3) is 0 Å². The molecule has 0 bridgehead atoms. The van der Waals surface area contributed by atoms with Crippen LogP contribution in [0.4, 0.5) is 4.39 Å². The number of hydrogen-bond donors (Lipinski definition) is 1. The van der Waals surface area contributed by atoms with Crippen LogP contribution in [0.2, 0.25) is 0 Å². The van der Waals surface area contributed by atoms with Gasteiger partial charge in [-0.05, 0) is 42.8 Å². The van der Waals surface area contributed by atoms with Gasteiger partial charge >= 0.3 is 0 Å². The minimum absolute atomic E-state index is 0.0179. The summed E-state index contributed by atoms with van der Waals surface area (Å²) in [5, 5.41) is 0. The van der Waals surface area contributed by atoms with Gasteiger partial charge < -0.3 is 15.2 Å². The Morgan fingerprint density at radius 1 is 1.21 bits per heavy atom. The number of primary amides is 1. The minimum Gasteiger partial charge on any atom is -0.497 e. The number of sulfonamides is 1. The van der Waals surface area contributed by atoms with Crippen molar-refractivity contribution in [1.82, 2.24) is 4.31 Å². The first-order valence-electron chi connectivity index (χ1n) is 9.14. The highest BCUT2D eigenvalue weighted by molar-refractivity contribution is 7.89. The maximum Gasteiger partial charge on any atom is 0.243 e. The molecule has 3 rings (SSSR count). The summed E-state index contributed by atoms with van der Waals surface area (Å²) in [7, 11) is -2.30. The van der Waals surface area contributed by atoms with Gasteiger partial charge in [-0.15, -0.1) is 0 Å². The van der Waals surface area contributed by atoms with Gasteiger partial charge in [0.05, 0.1) is 12.0 Å². The molecule has 0 saturated carbocycles. The zero-order valence-corrected chi connectivity index (χ0v) is 16.8. The Balaban J connectivity index is 1.79. The number of amides is 1. The van der Waals surface area contributed by atoms with Gasteiger partial charge in [-0.1, -0.05) is 6.07 Å². The molecule has 1 saturated heterocycles. The standard InChI is InChI=1S/C20H23FN2O5S/c1-27-17-3-2-4-18(12-17)29(25,26)23-10-9-19(14(13-23)11-20(22)24)28-16-7-5-15(21)6-8-16/h2-8,12,14,19H,9-11,13H2,1H3,(H2,22,24)/t14-,19-/m0/s1. The fourth-order valence-corrected chi connectivity index (χ4v) is 4.95. The summed E-state index contributed by atoms with van der Waals surface area (Å²) < 4.78 is 51.6. The normalized spacial score (nSPS) is 20.2. The van der Waals surface area contributed by atoms with E-state index in [-0.39, 0.29) is 30.2 Å². The van der Waals surface area contributed by atoms with E-state index in [9.17, 15) is 17.6 Å². The first kappa shape index (κ1) is 21.1. The van der Waals surface area contributed by atoms with Gasteiger partial charge in [0.1, 0.15) is 23.4 Å². The Labute approximate surface area is 169 Å². The lowest BCUT2D eigenvalue weighted by molar-refractivity contribution is -0.120. The van der Waals surface area contributed by atoms with Gasteiger partial charge in [-0.3, -0.25) is 4.79 Å². The second kappa shape index (κ2) is 8.79. The van der Waals surface area contributed by atoms with Crippen LogP contribution >= 0.6 is 0 Å². The van der Waals surface area contributed by atoms with Gasteiger partial charge in [-0.25, -0.2) is 12.8 Å². The molecule has 0 aromatic heterocycles. The average molecular weight is 422 g/mol. The smallest absolute Gasteiger partial charge is 0.243 e. The van der Waals surface area contributed by atoms with Crippen molar-refractivity contribution in [2.24, 2.45) is 11.7 Å². The molecule has 29 heavy (non-hydrogen) atoms. The maximum atomic E-state index is 13.1. The summed E-state index contributed by atoms with van der Waals surface area (Å²) in [5.74, 6) is -0.454. The van der Waals surface area contributed by atoms with Crippen molar-refractivity contribution in [3.05, 3.63) is 54.3 Å². The molecule has 1 fully saturated rings. The molecule has 0 unspecified atom stereocenters. The Morgan fingerprint density at radius 3 is 2.59 bits per heavy atom. The summed E-state index contributed by atoms with van der Waals surface area (Å²) in [5.41, 5.74) is 5.37. The van der Waals surface area contributed by atoms with E-state index < -0.39 is 28.0 Å². The highest BCUT2D eigenvalue weighted by Crippen LogP contribution is 2.30. The Morgan fingerprint density at radius 2 is 1.93 bits per heavy atom. The minimum atomic E-state index is -3.77. The molecule has 1 heterocycles. The third-order valence-electron chi connectivity index (χ3n) is 4.87. The highest BCUT2D eigenvalue weighted by atomic mass is 32.2. The Hall–Kier alpha value is -2.65. The number of rotatable bonds is 7. The fraction of sp³-hybridized carbons (Fsp3) is 0.350. The Bertz CT molecular complexity index is 965. The van der Waals surface area contributed by atoms with E-state index in [1.807, 2.05) is 0 Å². The number of piperidine rings is 1. The number of methoxy groups -OCH3 is 1. The van der Waals surface area contributed by atoms with Crippen LogP contribution in [0.3, 0.4) is 0 Å². The maximum absolute atomic E-state index is 13.1. The van der Waals surface area contributed by atoms with Crippen molar-refractivity contribution in [3.63, 3.8) is 0 Å². The third kappa shape index (κ3) is 5.04. The summed E-state index contributed by atoms with van der Waals surface area (Å²) in [6.07, 6.45) is -0.0566. The van der Waals surface area contributed by atoms with Crippen LogP contribution in [-0.4, -0.2) is 44.9 Å². The summed E-state index contributed by atoms with van der Waals surface area (Å²) in [4.78, 5) is 11.7. The van der Waals surface area contributed by atoms with E-state index in [2.05, 4.69) is 0 Å². The molecule has 156 valence electrons. The molecule has 1 aliphatic rings. The molecule has 1 aliphatic heterocycles. The van der Waals surface area contributed by atoms with Gasteiger partial charge in [0.2, 0.25) is 15.9 Å². The van der Waals surface area contributed by atoms with E-state index in [4.69, 9.17) is 15.2 Å². The summed E-state index contributed by atoms with van der Waals surface area (Å²) >= 11 is 0. The van der Waals surface area contributed by atoms with E-state index in [1.165, 1.54) is 47.8 Å². The molecular weight excluding hydrogens is 399 g/mol. The first-order chi connectivity index (χ1) is 13.8. The van der Waals surface area contributed by atoms with Crippen molar-refractivity contribution >= 4 is 15.9 Å². The largest absolute Gasteiger partial charge is 0.497 e. The second-order valence-electron chi connectivity index (χ2n) is 6.87. The van der Waals surface area contributed by atoms with Crippen molar-refractivity contribution in [2.45, 2.75) is 23.8 Å². The molecule has 2 aromatic rings. The molecule has 1 amide bonds. The van der Waals surface area contributed by atoms with Crippen molar-refractivity contribution in [3.8, 4) is 11.5 Å².